The number of rotatable bonds is 2. The van der Waals surface area contributed by atoms with Gasteiger partial charge in [0.1, 0.15) is 0 Å². The zero-order valence-corrected chi connectivity index (χ0v) is 13.4. The van der Waals surface area contributed by atoms with Gasteiger partial charge in [-0.05, 0) is 66.7 Å². The number of aryl methyl sites for hydroxylation is 2. The lowest BCUT2D eigenvalue weighted by atomic mass is 9.81. The van der Waals surface area contributed by atoms with Crippen LogP contribution >= 0.6 is 0 Å². The molecular formula is C19H27NO. The van der Waals surface area contributed by atoms with Gasteiger partial charge in [-0.25, -0.2) is 0 Å². The maximum absolute atomic E-state index is 11.8. The summed E-state index contributed by atoms with van der Waals surface area (Å²) in [6, 6.07) is 2.40. The van der Waals surface area contributed by atoms with Crippen molar-refractivity contribution in [1.29, 1.82) is 0 Å². The number of carbonyl (C=O) groups is 1. The summed E-state index contributed by atoms with van der Waals surface area (Å²) in [5.74, 6) is 1.07. The molecule has 2 nitrogen and oxygen atoms in total. The van der Waals surface area contributed by atoms with E-state index in [9.17, 15) is 4.79 Å². The SMILES string of the molecule is CCc1c2c(cc3c1NC(=O)CC3)CCC[C@H](CC)CC2. The molecule has 1 aromatic carbocycles. The molecule has 0 radical (unpaired) electrons. The molecule has 114 valence electrons. The molecule has 0 bridgehead atoms. The van der Waals surface area contributed by atoms with E-state index in [4.69, 9.17) is 0 Å². The number of carbonyl (C=O) groups excluding carboxylic acids is 1. The predicted octanol–water partition coefficient (Wildman–Crippen LogP) is 4.43. The van der Waals surface area contributed by atoms with Crippen LogP contribution in [0.25, 0.3) is 0 Å². The molecule has 3 rings (SSSR count). The molecule has 2 heteroatoms. The van der Waals surface area contributed by atoms with Crippen LogP contribution in [0.5, 0.6) is 0 Å². The highest BCUT2D eigenvalue weighted by Crippen LogP contribution is 2.36. The molecule has 1 N–H and O–H groups in total. The smallest absolute Gasteiger partial charge is 0.224 e. The van der Waals surface area contributed by atoms with Crippen molar-refractivity contribution in [3.8, 4) is 0 Å². The molecule has 1 atom stereocenters. The highest BCUT2D eigenvalue weighted by molar-refractivity contribution is 5.95. The first-order chi connectivity index (χ1) is 10.2. The fourth-order valence-corrected chi connectivity index (χ4v) is 4.12. The van der Waals surface area contributed by atoms with Crippen LogP contribution in [0, 0.1) is 5.92 Å². The minimum atomic E-state index is 0.189. The van der Waals surface area contributed by atoms with Gasteiger partial charge in [0.25, 0.3) is 0 Å². The summed E-state index contributed by atoms with van der Waals surface area (Å²) >= 11 is 0. The van der Waals surface area contributed by atoms with Crippen molar-refractivity contribution in [3.05, 3.63) is 28.3 Å². The molecule has 0 saturated heterocycles. The molecule has 1 heterocycles. The van der Waals surface area contributed by atoms with Crippen molar-refractivity contribution in [3.63, 3.8) is 0 Å². The second-order valence-corrected chi connectivity index (χ2v) is 6.63. The third-order valence-electron chi connectivity index (χ3n) is 5.40. The van der Waals surface area contributed by atoms with Crippen LogP contribution in [0.4, 0.5) is 5.69 Å². The normalized spacial score (nSPS) is 21.8. The number of hydrogen-bond acceptors (Lipinski definition) is 1. The van der Waals surface area contributed by atoms with Gasteiger partial charge in [-0.15, -0.1) is 0 Å². The Morgan fingerprint density at radius 2 is 1.95 bits per heavy atom. The zero-order valence-electron chi connectivity index (χ0n) is 13.4. The number of hydrogen-bond donors (Lipinski definition) is 1. The monoisotopic (exact) mass is 285 g/mol. The Labute approximate surface area is 128 Å². The van der Waals surface area contributed by atoms with Crippen LogP contribution in [0.15, 0.2) is 6.07 Å². The van der Waals surface area contributed by atoms with Gasteiger partial charge in [0.2, 0.25) is 5.91 Å². The van der Waals surface area contributed by atoms with E-state index in [1.807, 2.05) is 0 Å². The fourth-order valence-electron chi connectivity index (χ4n) is 4.12. The van der Waals surface area contributed by atoms with Gasteiger partial charge in [-0.1, -0.05) is 32.8 Å². The van der Waals surface area contributed by atoms with Gasteiger partial charge in [0.15, 0.2) is 0 Å². The summed E-state index contributed by atoms with van der Waals surface area (Å²) in [6.07, 6.45) is 10.3. The molecule has 1 aromatic rings. The summed E-state index contributed by atoms with van der Waals surface area (Å²) in [7, 11) is 0. The van der Waals surface area contributed by atoms with Crippen LogP contribution in [0.3, 0.4) is 0 Å². The first-order valence-corrected chi connectivity index (χ1v) is 8.69. The standard InChI is InChI=1S/C19H27NO/c1-3-13-6-5-7-14-12-15-9-11-18(21)20-19(15)16(4-2)17(14)10-8-13/h12-13H,3-11H2,1-2H3,(H,20,21)/t13-/m0/s1. The summed E-state index contributed by atoms with van der Waals surface area (Å²) in [6.45, 7) is 4.55. The molecule has 0 spiro atoms. The van der Waals surface area contributed by atoms with Gasteiger partial charge in [-0.3, -0.25) is 4.79 Å². The minimum absolute atomic E-state index is 0.189. The van der Waals surface area contributed by atoms with E-state index in [-0.39, 0.29) is 5.91 Å². The van der Waals surface area contributed by atoms with E-state index in [0.29, 0.717) is 6.42 Å². The van der Waals surface area contributed by atoms with Crippen molar-refractivity contribution in [1.82, 2.24) is 0 Å². The van der Waals surface area contributed by atoms with Gasteiger partial charge < -0.3 is 5.32 Å². The Hall–Kier alpha value is -1.31. The molecule has 1 aliphatic carbocycles. The predicted molar refractivity (Wildman–Crippen MR) is 87.8 cm³/mol. The Bertz CT molecular complexity index is 547. The Balaban J connectivity index is 2.02. The van der Waals surface area contributed by atoms with E-state index in [0.717, 1.165) is 24.4 Å². The summed E-state index contributed by atoms with van der Waals surface area (Å²) in [5.41, 5.74) is 7.07. The average molecular weight is 285 g/mol. The van der Waals surface area contributed by atoms with Gasteiger partial charge in [0.05, 0.1) is 0 Å². The Kier molecular flexibility index (Phi) is 4.32. The van der Waals surface area contributed by atoms with Gasteiger partial charge >= 0.3 is 0 Å². The quantitative estimate of drug-likeness (QED) is 0.855. The van der Waals surface area contributed by atoms with E-state index in [1.54, 1.807) is 11.1 Å². The molecule has 0 fully saturated rings. The van der Waals surface area contributed by atoms with Crippen LogP contribution in [0.2, 0.25) is 0 Å². The number of amides is 1. The van der Waals surface area contributed by atoms with E-state index in [2.05, 4.69) is 25.2 Å². The first kappa shape index (κ1) is 14.6. The Morgan fingerprint density at radius 1 is 1.10 bits per heavy atom. The highest BCUT2D eigenvalue weighted by Gasteiger charge is 2.23. The van der Waals surface area contributed by atoms with Crippen molar-refractivity contribution in [2.24, 2.45) is 5.92 Å². The van der Waals surface area contributed by atoms with Gasteiger partial charge in [-0.2, -0.15) is 0 Å². The topological polar surface area (TPSA) is 29.1 Å². The Morgan fingerprint density at radius 3 is 2.71 bits per heavy atom. The van der Waals surface area contributed by atoms with Crippen LogP contribution in [-0.2, 0) is 30.5 Å². The summed E-state index contributed by atoms with van der Waals surface area (Å²) in [5, 5.41) is 3.15. The van der Waals surface area contributed by atoms with Crippen molar-refractivity contribution < 1.29 is 4.79 Å². The first-order valence-electron chi connectivity index (χ1n) is 8.69. The molecule has 1 amide bonds. The summed E-state index contributed by atoms with van der Waals surface area (Å²) < 4.78 is 0. The van der Waals surface area contributed by atoms with Crippen LogP contribution < -0.4 is 5.32 Å². The fraction of sp³-hybridized carbons (Fsp3) is 0.632. The molecule has 0 saturated carbocycles. The van der Waals surface area contributed by atoms with Crippen LogP contribution in [-0.4, -0.2) is 5.91 Å². The summed E-state index contributed by atoms with van der Waals surface area (Å²) in [4.78, 5) is 11.8. The molecule has 1 aliphatic heterocycles. The van der Waals surface area contributed by atoms with Crippen LogP contribution in [0.1, 0.15) is 68.2 Å². The van der Waals surface area contributed by atoms with Gasteiger partial charge in [0, 0.05) is 12.1 Å². The zero-order chi connectivity index (χ0) is 14.8. The molecule has 2 aliphatic rings. The second-order valence-electron chi connectivity index (χ2n) is 6.63. The highest BCUT2D eigenvalue weighted by atomic mass is 16.1. The number of benzene rings is 1. The number of nitrogens with one attached hydrogen (secondary N) is 1. The maximum Gasteiger partial charge on any atom is 0.224 e. The second kappa shape index (κ2) is 6.21. The van der Waals surface area contributed by atoms with E-state index in [1.165, 1.54) is 49.7 Å². The largest absolute Gasteiger partial charge is 0.326 e. The lowest BCUT2D eigenvalue weighted by Crippen LogP contribution is -2.22. The number of fused-ring (bicyclic) bond motifs is 2. The molecule has 21 heavy (non-hydrogen) atoms. The molecular weight excluding hydrogens is 258 g/mol. The lowest BCUT2D eigenvalue weighted by molar-refractivity contribution is -0.116. The molecule has 0 unspecified atom stereocenters. The van der Waals surface area contributed by atoms with Crippen molar-refractivity contribution in [2.75, 3.05) is 5.32 Å². The van der Waals surface area contributed by atoms with Crippen molar-refractivity contribution >= 4 is 11.6 Å². The maximum atomic E-state index is 11.8. The van der Waals surface area contributed by atoms with E-state index < -0.39 is 0 Å². The number of anilines is 1. The third-order valence-corrected chi connectivity index (χ3v) is 5.40. The third kappa shape index (κ3) is 2.86. The lowest BCUT2D eigenvalue weighted by Gasteiger charge is -2.28. The average Bonchev–Trinajstić information content (AvgIpc) is 2.47. The minimum Gasteiger partial charge on any atom is -0.326 e. The van der Waals surface area contributed by atoms with E-state index >= 15 is 0 Å². The molecule has 0 aromatic heterocycles. The van der Waals surface area contributed by atoms with Crippen molar-refractivity contribution in [2.45, 2.75) is 71.6 Å².